The van der Waals surface area contributed by atoms with E-state index in [0.29, 0.717) is 0 Å². The largest absolute Gasteiger partial charge is 0.457 e. The molecule has 0 aliphatic heterocycles. The third-order valence-electron chi connectivity index (χ3n) is 5.35. The van der Waals surface area contributed by atoms with Crippen LogP contribution in [0.1, 0.15) is 25.0 Å². The quantitative estimate of drug-likeness (QED) is 0.331. The van der Waals surface area contributed by atoms with Crippen LogP contribution in [0, 0.1) is 0 Å². The summed E-state index contributed by atoms with van der Waals surface area (Å²) < 4.78 is 5.97. The van der Waals surface area contributed by atoms with Gasteiger partial charge in [0.25, 0.3) is 0 Å². The minimum absolute atomic E-state index is 0.849. The fraction of sp³-hybridized carbons (Fsp3) is 0.143. The zero-order chi connectivity index (χ0) is 20.1. The Bertz CT molecular complexity index is 1060. The zero-order valence-corrected chi connectivity index (χ0v) is 17.1. The van der Waals surface area contributed by atoms with E-state index in [2.05, 4.69) is 80.6 Å². The predicted molar refractivity (Wildman–Crippen MR) is 123 cm³/mol. The topological polar surface area (TPSA) is 9.23 Å². The molecule has 4 aromatic carbocycles. The average molecular weight is 379 g/mol. The van der Waals surface area contributed by atoms with Crippen LogP contribution >= 0.6 is 0 Å². The molecule has 0 spiro atoms. The number of hydrogen-bond acceptors (Lipinski definition) is 1. The van der Waals surface area contributed by atoms with Crippen LogP contribution in [0.2, 0.25) is 0 Å². The van der Waals surface area contributed by atoms with Gasteiger partial charge in [0.1, 0.15) is 11.5 Å². The summed E-state index contributed by atoms with van der Waals surface area (Å²) in [6.45, 7) is 4.49. The summed E-state index contributed by atoms with van der Waals surface area (Å²) >= 11 is 0. The van der Waals surface area contributed by atoms with Gasteiger partial charge in [0.05, 0.1) is 0 Å². The summed E-state index contributed by atoms with van der Waals surface area (Å²) in [6, 6.07) is 33.6. The highest BCUT2D eigenvalue weighted by molar-refractivity contribution is 5.86. The second-order valence-corrected chi connectivity index (χ2v) is 7.14. The van der Waals surface area contributed by atoms with Crippen molar-refractivity contribution in [2.24, 2.45) is 0 Å². The molecule has 144 valence electrons. The van der Waals surface area contributed by atoms with Crippen molar-refractivity contribution in [2.75, 3.05) is 0 Å². The molecule has 0 aromatic heterocycles. The van der Waals surface area contributed by atoms with Crippen molar-refractivity contribution in [3.63, 3.8) is 0 Å². The normalized spacial score (nSPS) is 10.7. The highest BCUT2D eigenvalue weighted by Crippen LogP contribution is 2.38. The Kier molecular flexibility index (Phi) is 5.76. The molecule has 0 aliphatic carbocycles. The van der Waals surface area contributed by atoms with Crippen LogP contribution in [0.5, 0.6) is 11.5 Å². The molecule has 0 radical (unpaired) electrons. The van der Waals surface area contributed by atoms with E-state index in [0.717, 1.165) is 24.3 Å². The smallest absolute Gasteiger partial charge is 0.127 e. The van der Waals surface area contributed by atoms with Gasteiger partial charge in [-0.2, -0.15) is 0 Å². The summed E-state index contributed by atoms with van der Waals surface area (Å²) in [4.78, 5) is 0. The molecule has 1 heteroatoms. The van der Waals surface area contributed by atoms with Crippen molar-refractivity contribution in [1.29, 1.82) is 0 Å². The first-order valence-corrected chi connectivity index (χ1v) is 10.3. The highest BCUT2D eigenvalue weighted by Gasteiger charge is 2.14. The molecule has 0 unspecified atom stereocenters. The highest BCUT2D eigenvalue weighted by atomic mass is 16.5. The summed E-state index contributed by atoms with van der Waals surface area (Å²) in [5.74, 6) is 1.70. The second-order valence-electron chi connectivity index (χ2n) is 7.14. The van der Waals surface area contributed by atoms with Gasteiger partial charge in [-0.15, -0.1) is 0 Å². The molecule has 29 heavy (non-hydrogen) atoms. The van der Waals surface area contributed by atoms with Crippen molar-refractivity contribution in [1.82, 2.24) is 0 Å². The molecule has 0 saturated carbocycles. The third-order valence-corrected chi connectivity index (χ3v) is 5.35. The van der Waals surface area contributed by atoms with Gasteiger partial charge in [-0.3, -0.25) is 0 Å². The van der Waals surface area contributed by atoms with E-state index in [1.807, 2.05) is 30.3 Å². The minimum atomic E-state index is 0.849. The van der Waals surface area contributed by atoms with Gasteiger partial charge in [-0.05, 0) is 70.5 Å². The van der Waals surface area contributed by atoms with Crippen LogP contribution in [0.15, 0.2) is 97.1 Å². The molecule has 1 nitrogen and oxygen atoms in total. The minimum Gasteiger partial charge on any atom is -0.457 e. The summed E-state index contributed by atoms with van der Waals surface area (Å²) in [7, 11) is 0. The van der Waals surface area contributed by atoms with E-state index in [-0.39, 0.29) is 0 Å². The van der Waals surface area contributed by atoms with Crippen molar-refractivity contribution in [3.05, 3.63) is 108 Å². The number of aryl methyl sites for hydroxylation is 1. The Labute approximate surface area is 173 Å². The van der Waals surface area contributed by atoms with Crippen LogP contribution < -0.4 is 4.74 Å². The van der Waals surface area contributed by atoms with Crippen LogP contribution in [-0.4, -0.2) is 0 Å². The number of ether oxygens (including phenoxy) is 1. The molecule has 0 heterocycles. The predicted octanol–water partition coefficient (Wildman–Crippen LogP) is 7.94. The Balaban J connectivity index is 1.76. The summed E-state index contributed by atoms with van der Waals surface area (Å²) in [6.07, 6.45) is 2.07. The fourth-order valence-electron chi connectivity index (χ4n) is 3.93. The maximum Gasteiger partial charge on any atom is 0.127 e. The molecule has 0 amide bonds. The van der Waals surface area contributed by atoms with Crippen molar-refractivity contribution in [2.45, 2.75) is 26.7 Å². The maximum absolute atomic E-state index is 5.97. The lowest BCUT2D eigenvalue weighted by atomic mass is 9.86. The van der Waals surface area contributed by atoms with E-state index in [1.54, 1.807) is 0 Å². The molecule has 4 rings (SSSR count). The van der Waals surface area contributed by atoms with Gasteiger partial charge in [-0.25, -0.2) is 0 Å². The van der Waals surface area contributed by atoms with E-state index in [1.165, 1.54) is 33.4 Å². The monoisotopic (exact) mass is 378 g/mol. The lowest BCUT2D eigenvalue weighted by Gasteiger charge is -2.18. The van der Waals surface area contributed by atoms with Crippen LogP contribution in [0.4, 0.5) is 0 Å². The molecule has 0 saturated heterocycles. The van der Waals surface area contributed by atoms with Crippen molar-refractivity contribution < 1.29 is 4.74 Å². The van der Waals surface area contributed by atoms with Gasteiger partial charge in [0, 0.05) is 0 Å². The Morgan fingerprint density at radius 1 is 0.552 bits per heavy atom. The Hall–Kier alpha value is -3.32. The molecule has 0 bridgehead atoms. The van der Waals surface area contributed by atoms with Crippen molar-refractivity contribution in [3.8, 4) is 33.8 Å². The second kappa shape index (κ2) is 8.79. The Morgan fingerprint density at radius 3 is 1.79 bits per heavy atom. The molecular weight excluding hydrogens is 352 g/mol. The van der Waals surface area contributed by atoms with E-state index < -0.39 is 0 Å². The first-order chi connectivity index (χ1) is 14.3. The molecule has 4 aromatic rings. The van der Waals surface area contributed by atoms with Gasteiger partial charge < -0.3 is 4.74 Å². The average Bonchev–Trinajstić information content (AvgIpc) is 2.80. The summed E-state index contributed by atoms with van der Waals surface area (Å²) in [5.41, 5.74) is 7.99. The van der Waals surface area contributed by atoms with E-state index in [9.17, 15) is 0 Å². The molecule has 0 atom stereocenters. The molecule has 0 fully saturated rings. The summed E-state index contributed by atoms with van der Waals surface area (Å²) in [5, 5.41) is 0. The van der Waals surface area contributed by atoms with Gasteiger partial charge in [0.2, 0.25) is 0 Å². The lowest BCUT2D eigenvalue weighted by molar-refractivity contribution is 0.483. The van der Waals surface area contributed by atoms with E-state index >= 15 is 0 Å². The SMILES string of the molecule is CCc1ccc(-c2ccc(Oc3ccccc3)cc2)c(-c2ccccc2)c1CC. The number of hydrogen-bond donors (Lipinski definition) is 0. The number of rotatable bonds is 6. The van der Waals surface area contributed by atoms with Crippen molar-refractivity contribution >= 4 is 0 Å². The third kappa shape index (κ3) is 4.09. The fourth-order valence-corrected chi connectivity index (χ4v) is 3.93. The standard InChI is InChI=1S/C28H26O/c1-3-21-17-20-27(28(26(21)4-2)23-11-7-5-8-12-23)22-15-18-25(19-16-22)29-24-13-9-6-10-14-24/h5-20H,3-4H2,1-2H3. The number of para-hydroxylation sites is 1. The number of benzene rings is 4. The Morgan fingerprint density at radius 2 is 1.17 bits per heavy atom. The van der Waals surface area contributed by atoms with Gasteiger partial charge >= 0.3 is 0 Å². The first kappa shape index (κ1) is 19.0. The molecular formula is C28H26O. The molecule has 0 aliphatic rings. The van der Waals surface area contributed by atoms with Gasteiger partial charge in [-0.1, -0.05) is 86.6 Å². The van der Waals surface area contributed by atoms with Crippen LogP contribution in [-0.2, 0) is 12.8 Å². The zero-order valence-electron chi connectivity index (χ0n) is 17.1. The molecule has 0 N–H and O–H groups in total. The lowest BCUT2D eigenvalue weighted by Crippen LogP contribution is -1.98. The maximum atomic E-state index is 5.97. The van der Waals surface area contributed by atoms with E-state index in [4.69, 9.17) is 4.74 Å². The van der Waals surface area contributed by atoms with Gasteiger partial charge in [0.15, 0.2) is 0 Å². The first-order valence-electron chi connectivity index (χ1n) is 10.3. The van der Waals surface area contributed by atoms with Crippen LogP contribution in [0.3, 0.4) is 0 Å². The van der Waals surface area contributed by atoms with Crippen LogP contribution in [0.25, 0.3) is 22.3 Å².